The Labute approximate surface area is 190 Å². The number of para-hydroxylation sites is 1. The molecule has 2 aromatic rings. The van der Waals surface area contributed by atoms with Crippen molar-refractivity contribution in [2.45, 2.75) is 36.8 Å². The summed E-state index contributed by atoms with van der Waals surface area (Å²) in [5.74, 6) is 2.49. The van der Waals surface area contributed by atoms with E-state index in [1.165, 1.54) is 44.5 Å². The number of benzene rings is 1. The minimum Gasteiger partial charge on any atom is -0.496 e. The maximum Gasteiger partial charge on any atom is 0.187 e. The number of ether oxygens (including phenoxy) is 1. The van der Waals surface area contributed by atoms with Crippen molar-refractivity contribution in [1.29, 1.82) is 0 Å². The minimum atomic E-state index is 0.495. The van der Waals surface area contributed by atoms with Crippen molar-refractivity contribution in [3.8, 4) is 5.75 Å². The van der Waals surface area contributed by atoms with Crippen molar-refractivity contribution in [2.24, 2.45) is 0 Å². The molecule has 0 unspecified atom stereocenters. The van der Waals surface area contributed by atoms with Gasteiger partial charge in [0, 0.05) is 48.8 Å². The van der Waals surface area contributed by atoms with Crippen LogP contribution in [-0.4, -0.2) is 71.9 Å². The van der Waals surface area contributed by atoms with Crippen LogP contribution >= 0.6 is 11.8 Å². The fraction of sp³-hybridized carbons (Fsp3) is 0.520. The van der Waals surface area contributed by atoms with Gasteiger partial charge in [0.2, 0.25) is 0 Å². The quantitative estimate of drug-likeness (QED) is 0.422. The number of likely N-dealkylation sites (tertiary alicyclic amines) is 2. The third kappa shape index (κ3) is 6.55. The van der Waals surface area contributed by atoms with Crippen LogP contribution in [0.4, 0.5) is 0 Å². The molecule has 1 aromatic heterocycles. The molecule has 166 valence electrons. The average molecular weight is 439 g/mol. The molecule has 0 amide bonds. The lowest BCUT2D eigenvalue weighted by atomic mass is 9.94. The topological polar surface area (TPSA) is 41.5 Å². The van der Waals surface area contributed by atoms with Gasteiger partial charge in [-0.05, 0) is 57.5 Å². The van der Waals surface area contributed by atoms with E-state index >= 15 is 0 Å². The van der Waals surface area contributed by atoms with Gasteiger partial charge in [0.15, 0.2) is 5.16 Å². The summed E-state index contributed by atoms with van der Waals surface area (Å²) in [6, 6.07) is 10.3. The lowest BCUT2D eigenvalue weighted by Gasteiger charge is -2.31. The highest BCUT2D eigenvalue weighted by Gasteiger charge is 2.22. The number of methoxy groups -OCH3 is 1. The van der Waals surface area contributed by atoms with E-state index < -0.39 is 0 Å². The molecule has 1 atom stereocenters. The summed E-state index contributed by atoms with van der Waals surface area (Å²) in [5.41, 5.74) is 2.34. The van der Waals surface area contributed by atoms with Gasteiger partial charge < -0.3 is 9.64 Å². The van der Waals surface area contributed by atoms with E-state index in [2.05, 4.69) is 45.1 Å². The molecule has 6 heteroatoms. The lowest BCUT2D eigenvalue weighted by molar-refractivity contribution is 0.226. The van der Waals surface area contributed by atoms with Gasteiger partial charge in [0.05, 0.1) is 7.11 Å². The Balaban J connectivity index is 1.29. The zero-order valence-corrected chi connectivity index (χ0v) is 19.4. The molecule has 2 aliphatic rings. The molecule has 2 fully saturated rings. The van der Waals surface area contributed by atoms with E-state index in [9.17, 15) is 0 Å². The normalized spacial score (nSPS) is 20.5. The standard InChI is InChI=1S/C25H34N4OS/c1-30-24-11-3-2-8-21(24)9-6-16-29-17-7-10-22(20-29)23-12-13-26-25(27-23)31-19-18-28-14-4-5-15-28/h2-3,6,8-9,11-13,22H,4-5,7,10,14-20H2,1H3/b9-6+/t22-/m0/s1. The summed E-state index contributed by atoms with van der Waals surface area (Å²) in [7, 11) is 1.72. The van der Waals surface area contributed by atoms with Gasteiger partial charge in [-0.2, -0.15) is 0 Å². The summed E-state index contributed by atoms with van der Waals surface area (Å²) in [6.45, 7) is 6.82. The molecule has 2 aliphatic heterocycles. The Morgan fingerprint density at radius 2 is 1.94 bits per heavy atom. The number of aromatic nitrogens is 2. The molecule has 0 radical (unpaired) electrons. The number of hydrogen-bond donors (Lipinski definition) is 0. The predicted molar refractivity (Wildman–Crippen MR) is 129 cm³/mol. The molecule has 0 aliphatic carbocycles. The second-order valence-corrected chi connectivity index (χ2v) is 9.47. The number of nitrogens with zero attached hydrogens (tertiary/aromatic N) is 4. The highest BCUT2D eigenvalue weighted by Crippen LogP contribution is 2.27. The summed E-state index contributed by atoms with van der Waals surface area (Å²) in [5, 5.41) is 0.935. The van der Waals surface area contributed by atoms with E-state index in [0.717, 1.165) is 48.4 Å². The van der Waals surface area contributed by atoms with Gasteiger partial charge in [0.25, 0.3) is 0 Å². The molecule has 3 heterocycles. The third-order valence-corrected chi connectivity index (χ3v) is 7.06. The Morgan fingerprint density at radius 3 is 2.81 bits per heavy atom. The lowest BCUT2D eigenvalue weighted by Crippen LogP contribution is -2.34. The molecular formula is C25H34N4OS. The van der Waals surface area contributed by atoms with Crippen LogP contribution in [0.15, 0.2) is 47.8 Å². The van der Waals surface area contributed by atoms with Gasteiger partial charge >= 0.3 is 0 Å². The zero-order chi connectivity index (χ0) is 21.3. The first-order valence-electron chi connectivity index (χ1n) is 11.5. The number of rotatable bonds is 9. The zero-order valence-electron chi connectivity index (χ0n) is 18.6. The largest absolute Gasteiger partial charge is 0.496 e. The maximum atomic E-state index is 5.45. The fourth-order valence-electron chi connectivity index (χ4n) is 4.52. The average Bonchev–Trinajstić information content (AvgIpc) is 3.33. The van der Waals surface area contributed by atoms with Gasteiger partial charge in [-0.3, -0.25) is 4.90 Å². The van der Waals surface area contributed by atoms with Crippen molar-refractivity contribution in [3.05, 3.63) is 53.9 Å². The van der Waals surface area contributed by atoms with E-state index in [0.29, 0.717) is 5.92 Å². The van der Waals surface area contributed by atoms with Crippen molar-refractivity contribution >= 4 is 17.8 Å². The SMILES string of the molecule is COc1ccccc1/C=C/CN1CCC[C@H](c2ccnc(SCCN3CCCC3)n2)C1. The Morgan fingerprint density at radius 1 is 1.10 bits per heavy atom. The van der Waals surface area contributed by atoms with Crippen LogP contribution in [-0.2, 0) is 0 Å². The molecule has 0 spiro atoms. The van der Waals surface area contributed by atoms with Crippen LogP contribution in [0.2, 0.25) is 0 Å². The van der Waals surface area contributed by atoms with Gasteiger partial charge in [-0.25, -0.2) is 9.97 Å². The van der Waals surface area contributed by atoms with Crippen molar-refractivity contribution < 1.29 is 4.74 Å². The summed E-state index contributed by atoms with van der Waals surface area (Å²) >= 11 is 1.80. The Bertz CT molecular complexity index is 853. The molecule has 4 rings (SSSR count). The Hall–Kier alpha value is -1.89. The molecule has 0 N–H and O–H groups in total. The molecule has 0 bridgehead atoms. The second-order valence-electron chi connectivity index (χ2n) is 8.40. The van der Waals surface area contributed by atoms with Crippen LogP contribution in [0.1, 0.15) is 42.9 Å². The first-order valence-corrected chi connectivity index (χ1v) is 12.5. The fourth-order valence-corrected chi connectivity index (χ4v) is 5.36. The third-order valence-electron chi connectivity index (χ3n) is 6.22. The molecule has 1 aromatic carbocycles. The van der Waals surface area contributed by atoms with Crippen LogP contribution < -0.4 is 4.74 Å². The van der Waals surface area contributed by atoms with Gasteiger partial charge in [-0.1, -0.05) is 42.1 Å². The van der Waals surface area contributed by atoms with Crippen LogP contribution in [0.5, 0.6) is 5.75 Å². The highest BCUT2D eigenvalue weighted by molar-refractivity contribution is 7.99. The molecule has 2 saturated heterocycles. The van der Waals surface area contributed by atoms with E-state index in [-0.39, 0.29) is 0 Å². The minimum absolute atomic E-state index is 0.495. The van der Waals surface area contributed by atoms with Crippen molar-refractivity contribution in [3.63, 3.8) is 0 Å². The molecule has 0 saturated carbocycles. The number of piperidine rings is 1. The van der Waals surface area contributed by atoms with E-state index in [1.807, 2.05) is 18.3 Å². The summed E-state index contributed by atoms with van der Waals surface area (Å²) in [6.07, 6.45) is 11.5. The highest BCUT2D eigenvalue weighted by atomic mass is 32.2. The number of thioether (sulfide) groups is 1. The van der Waals surface area contributed by atoms with E-state index in [1.54, 1.807) is 18.9 Å². The first kappa shape index (κ1) is 22.3. The van der Waals surface area contributed by atoms with Crippen LogP contribution in [0.25, 0.3) is 6.08 Å². The molecular weight excluding hydrogens is 404 g/mol. The smallest absolute Gasteiger partial charge is 0.187 e. The van der Waals surface area contributed by atoms with Crippen LogP contribution in [0, 0.1) is 0 Å². The monoisotopic (exact) mass is 438 g/mol. The Kier molecular flexibility index (Phi) is 8.38. The van der Waals surface area contributed by atoms with Gasteiger partial charge in [0.1, 0.15) is 5.75 Å². The predicted octanol–water partition coefficient (Wildman–Crippen LogP) is 4.57. The molecule has 5 nitrogen and oxygen atoms in total. The molecule has 31 heavy (non-hydrogen) atoms. The van der Waals surface area contributed by atoms with Gasteiger partial charge in [-0.15, -0.1) is 0 Å². The summed E-state index contributed by atoms with van der Waals surface area (Å²) in [4.78, 5) is 14.5. The van der Waals surface area contributed by atoms with Crippen LogP contribution in [0.3, 0.4) is 0 Å². The van der Waals surface area contributed by atoms with Crippen molar-refractivity contribution in [2.75, 3.05) is 52.1 Å². The first-order chi connectivity index (χ1) is 15.3. The van der Waals surface area contributed by atoms with Crippen molar-refractivity contribution in [1.82, 2.24) is 19.8 Å². The van der Waals surface area contributed by atoms with E-state index in [4.69, 9.17) is 9.72 Å². The number of hydrogen-bond acceptors (Lipinski definition) is 6. The maximum absolute atomic E-state index is 5.45. The summed E-state index contributed by atoms with van der Waals surface area (Å²) < 4.78 is 5.45. The second kappa shape index (κ2) is 11.7.